The molecule has 55 heavy (non-hydrogen) atoms. The second-order valence-electron chi connectivity index (χ2n) is 17.7. The Hall–Kier alpha value is -4.13. The molecule has 6 rings (SSSR count). The molecule has 4 aliphatic rings. The van der Waals surface area contributed by atoms with E-state index in [4.69, 9.17) is 15.2 Å². The quantitative estimate of drug-likeness (QED) is 0.280. The van der Waals surface area contributed by atoms with Crippen molar-refractivity contribution in [3.05, 3.63) is 71.8 Å². The molecule has 0 bridgehead atoms. The zero-order valence-electron chi connectivity index (χ0n) is 33.5. The van der Waals surface area contributed by atoms with E-state index in [9.17, 15) is 29.1 Å². The van der Waals surface area contributed by atoms with Crippen LogP contribution in [0.1, 0.15) is 111 Å². The molecule has 2 saturated carbocycles. The van der Waals surface area contributed by atoms with Crippen molar-refractivity contribution in [2.24, 2.45) is 16.6 Å². The average Bonchev–Trinajstić information content (AvgIpc) is 3.39. The van der Waals surface area contributed by atoms with Crippen LogP contribution in [0.2, 0.25) is 0 Å². The van der Waals surface area contributed by atoms with Crippen molar-refractivity contribution in [3.63, 3.8) is 0 Å². The van der Waals surface area contributed by atoms with Gasteiger partial charge in [-0.2, -0.15) is 0 Å². The van der Waals surface area contributed by atoms with Gasteiger partial charge in [-0.05, 0) is 111 Å². The monoisotopic (exact) mass is 760 g/mol. The Morgan fingerprint density at radius 2 is 1.05 bits per heavy atom. The summed E-state index contributed by atoms with van der Waals surface area (Å²) in [6, 6.07) is 19.2. The molecule has 3 N–H and O–H groups in total. The Balaban J connectivity index is 0.000000218. The number of rotatable bonds is 9. The molecule has 2 saturated heterocycles. The maximum atomic E-state index is 13.1. The summed E-state index contributed by atoms with van der Waals surface area (Å²) in [4.78, 5) is 67.6. The van der Waals surface area contributed by atoms with Gasteiger partial charge in [0.2, 0.25) is 11.8 Å². The van der Waals surface area contributed by atoms with Gasteiger partial charge in [0.05, 0.1) is 36.1 Å². The Labute approximate surface area is 325 Å². The van der Waals surface area contributed by atoms with Crippen LogP contribution in [-0.2, 0) is 41.7 Å². The highest BCUT2D eigenvalue weighted by molar-refractivity contribution is 6.09. The van der Waals surface area contributed by atoms with Crippen LogP contribution in [0.15, 0.2) is 60.7 Å². The summed E-state index contributed by atoms with van der Waals surface area (Å²) in [6.45, 7) is 13.4. The van der Waals surface area contributed by atoms with Gasteiger partial charge in [0.1, 0.15) is 0 Å². The lowest BCUT2D eigenvalue weighted by Crippen LogP contribution is -2.52. The lowest BCUT2D eigenvalue weighted by molar-refractivity contribution is -0.147. The van der Waals surface area contributed by atoms with Gasteiger partial charge in [0, 0.05) is 17.6 Å². The number of ether oxygens (including phenoxy) is 2. The largest absolute Gasteiger partial charge is 0.465 e. The summed E-state index contributed by atoms with van der Waals surface area (Å²) in [5.74, 6) is -0.884. The number of nitrogens with two attached hydrogens (primary N) is 1. The summed E-state index contributed by atoms with van der Waals surface area (Å²) in [6.07, 6.45) is 3.64. The topological polar surface area (TPSA) is 160 Å². The Bertz CT molecular complexity index is 1670. The second-order valence-corrected chi connectivity index (χ2v) is 17.7. The molecule has 5 amide bonds. The normalized spacial score (nSPS) is 27.9. The second kappa shape index (κ2) is 16.9. The highest BCUT2D eigenvalue weighted by Crippen LogP contribution is 2.40. The van der Waals surface area contributed by atoms with E-state index in [1.54, 1.807) is 27.7 Å². The predicted molar refractivity (Wildman–Crippen MR) is 207 cm³/mol. The number of carbonyl (C=O) groups is 5. The summed E-state index contributed by atoms with van der Waals surface area (Å²) in [5, 5.41) is 9.65. The van der Waals surface area contributed by atoms with Crippen LogP contribution in [0.25, 0.3) is 0 Å². The van der Waals surface area contributed by atoms with Crippen molar-refractivity contribution in [3.8, 4) is 0 Å². The molecule has 12 heteroatoms. The van der Waals surface area contributed by atoms with Crippen LogP contribution in [0.5, 0.6) is 0 Å². The van der Waals surface area contributed by atoms with Gasteiger partial charge >= 0.3 is 6.09 Å². The average molecular weight is 761 g/mol. The minimum atomic E-state index is -0.929. The molecule has 2 aliphatic carbocycles. The molecule has 0 aromatic heterocycles. The van der Waals surface area contributed by atoms with E-state index in [0.29, 0.717) is 32.2 Å². The minimum Gasteiger partial charge on any atom is -0.465 e. The first-order chi connectivity index (χ1) is 25.8. The third-order valence-electron chi connectivity index (χ3n) is 11.6. The number of hydrogen-bond donors (Lipinski definition) is 2. The number of benzene rings is 2. The van der Waals surface area contributed by atoms with Crippen LogP contribution < -0.4 is 5.73 Å². The van der Waals surface area contributed by atoms with E-state index < -0.39 is 34.7 Å². The maximum Gasteiger partial charge on any atom is 0.407 e. The summed E-state index contributed by atoms with van der Waals surface area (Å²) >= 11 is 0. The fourth-order valence-electron chi connectivity index (χ4n) is 8.35. The molecule has 0 radical (unpaired) electrons. The number of nitrogens with zero attached hydrogens (tertiary/aromatic N) is 3. The number of carboxylic acid groups (broad SMARTS) is 1. The fourth-order valence-corrected chi connectivity index (χ4v) is 8.35. The van der Waals surface area contributed by atoms with Gasteiger partial charge in [-0.15, -0.1) is 0 Å². The lowest BCUT2D eigenvalue weighted by Gasteiger charge is -2.43. The highest BCUT2D eigenvalue weighted by Gasteiger charge is 2.56. The third-order valence-corrected chi connectivity index (χ3v) is 11.6. The van der Waals surface area contributed by atoms with Crippen LogP contribution >= 0.6 is 0 Å². The van der Waals surface area contributed by atoms with Gasteiger partial charge < -0.3 is 25.2 Å². The number of carbonyl (C=O) groups excluding carboxylic acids is 4. The van der Waals surface area contributed by atoms with Gasteiger partial charge in [-0.25, -0.2) is 4.79 Å². The Morgan fingerprint density at radius 1 is 0.691 bits per heavy atom. The van der Waals surface area contributed by atoms with Crippen molar-refractivity contribution >= 4 is 29.7 Å². The molecule has 4 fully saturated rings. The van der Waals surface area contributed by atoms with Crippen LogP contribution in [-0.4, -0.2) is 91.6 Å². The molecular formula is C43H60N4O8. The first-order valence-electron chi connectivity index (χ1n) is 19.7. The number of amides is 5. The van der Waals surface area contributed by atoms with E-state index in [0.717, 1.165) is 36.8 Å². The van der Waals surface area contributed by atoms with Crippen LogP contribution in [0, 0.1) is 10.8 Å². The number of imide groups is 2. The molecule has 2 atom stereocenters. The third kappa shape index (κ3) is 9.47. The molecule has 0 spiro atoms. The molecule has 300 valence electrons. The van der Waals surface area contributed by atoms with E-state index in [2.05, 4.69) is 0 Å². The molecule has 2 aromatic rings. The number of likely N-dealkylation sites (tertiary alicyclic amines) is 2. The maximum absolute atomic E-state index is 13.1. The summed E-state index contributed by atoms with van der Waals surface area (Å²) in [5.41, 5.74) is 5.54. The zero-order valence-corrected chi connectivity index (χ0v) is 33.5. The summed E-state index contributed by atoms with van der Waals surface area (Å²) < 4.78 is 12.3. The molecular weight excluding hydrogens is 700 g/mol. The zero-order chi connectivity index (χ0) is 40.3. The Kier molecular flexibility index (Phi) is 12.9. The van der Waals surface area contributed by atoms with E-state index in [1.807, 2.05) is 81.4 Å². The molecule has 2 aromatic carbocycles. The first kappa shape index (κ1) is 42.0. The van der Waals surface area contributed by atoms with Gasteiger partial charge in [0.15, 0.2) is 12.2 Å². The standard InChI is InChI=1S/C24H34N2O5.C19H26N2O3/c1-23(2,3)26(22(29)30)17-11-13-18(14-12-17)31-19-20(27)25(21(28)24(19,4)5)15-16-9-7-6-8-10-16;1-19(2)16(24-15-10-8-14(20)9-11-15)17(22)21(18(19)23)12-13-6-4-3-5-7-13/h6-10,17-19H,11-15H2,1-5H3,(H,29,30);3-7,14-16H,8-12,20H2,1-2H3. The lowest BCUT2D eigenvalue weighted by atomic mass is 9.86. The first-order valence-corrected chi connectivity index (χ1v) is 19.7. The van der Waals surface area contributed by atoms with Crippen LogP contribution in [0.4, 0.5) is 4.79 Å². The minimum absolute atomic E-state index is 0.0162. The van der Waals surface area contributed by atoms with E-state index in [-0.39, 0.29) is 54.5 Å². The molecule has 2 aliphatic heterocycles. The van der Waals surface area contributed by atoms with Gasteiger partial charge in [0.25, 0.3) is 11.8 Å². The Morgan fingerprint density at radius 3 is 1.40 bits per heavy atom. The molecule has 2 unspecified atom stereocenters. The molecule has 12 nitrogen and oxygen atoms in total. The summed E-state index contributed by atoms with van der Waals surface area (Å²) in [7, 11) is 0. The number of hydrogen-bond acceptors (Lipinski definition) is 8. The highest BCUT2D eigenvalue weighted by atomic mass is 16.5. The van der Waals surface area contributed by atoms with Crippen molar-refractivity contribution in [2.75, 3.05) is 0 Å². The van der Waals surface area contributed by atoms with Crippen molar-refractivity contribution in [1.82, 2.24) is 14.7 Å². The molecule has 2 heterocycles. The van der Waals surface area contributed by atoms with Crippen molar-refractivity contribution in [2.45, 2.75) is 155 Å². The van der Waals surface area contributed by atoms with Crippen LogP contribution in [0.3, 0.4) is 0 Å². The predicted octanol–water partition coefficient (Wildman–Crippen LogP) is 6.29. The fraction of sp³-hybridized carbons (Fsp3) is 0.605. The SMILES string of the molecule is CC1(C)C(=O)N(Cc2ccccc2)C(=O)C1OC1CCC(N(C(=O)O)C(C)(C)C)CC1.CC1(C)C(=O)N(Cc2ccccc2)C(=O)C1OC1CCC(N)CC1. The smallest absolute Gasteiger partial charge is 0.407 e. The van der Waals surface area contributed by atoms with E-state index >= 15 is 0 Å². The van der Waals surface area contributed by atoms with Gasteiger partial charge in [-0.1, -0.05) is 60.7 Å². The van der Waals surface area contributed by atoms with Crippen molar-refractivity contribution in [1.29, 1.82) is 0 Å². The van der Waals surface area contributed by atoms with Gasteiger partial charge in [-0.3, -0.25) is 29.0 Å². The van der Waals surface area contributed by atoms with Crippen molar-refractivity contribution < 1.29 is 38.6 Å². The van der Waals surface area contributed by atoms with E-state index in [1.165, 1.54) is 14.7 Å².